The number of carboxylic acid groups (broad SMARTS) is 1. The van der Waals surface area contributed by atoms with Crippen molar-refractivity contribution in [2.45, 2.75) is 13.0 Å². The quantitative estimate of drug-likeness (QED) is 0.871. The first-order chi connectivity index (χ1) is 7.00. The number of carboxylic acids is 1. The molecule has 0 amide bonds. The zero-order chi connectivity index (χ0) is 11.4. The van der Waals surface area contributed by atoms with E-state index in [1.54, 1.807) is 0 Å². The highest BCUT2D eigenvalue weighted by Gasteiger charge is 2.14. The zero-order valence-electron chi connectivity index (χ0n) is 8.07. The Labute approximate surface area is 99.6 Å². The van der Waals surface area contributed by atoms with Gasteiger partial charge in [0.05, 0.1) is 6.61 Å². The summed E-state index contributed by atoms with van der Waals surface area (Å²) in [5.41, 5.74) is 0. The van der Waals surface area contributed by atoms with Crippen LogP contribution in [0.1, 0.15) is 15.9 Å². The standard InChI is InChI=1S/C9H11BrO4S/c1-5-2-6(10)9(15-5)7(11)3-14-4-8(12)13/h2,7,11H,3-4H2,1H3,(H,12,13). The molecule has 1 rings (SSSR count). The van der Waals surface area contributed by atoms with Crippen molar-refractivity contribution in [2.24, 2.45) is 0 Å². The van der Waals surface area contributed by atoms with E-state index in [1.165, 1.54) is 11.3 Å². The first kappa shape index (κ1) is 12.6. The third-order valence-corrected chi connectivity index (χ3v) is 3.71. The molecule has 84 valence electrons. The number of rotatable bonds is 5. The minimum atomic E-state index is -1.04. The predicted molar refractivity (Wildman–Crippen MR) is 60.2 cm³/mol. The molecule has 0 aliphatic heterocycles. The Morgan fingerprint density at radius 3 is 2.87 bits per heavy atom. The van der Waals surface area contributed by atoms with E-state index in [0.717, 1.165) is 14.2 Å². The van der Waals surface area contributed by atoms with Gasteiger partial charge in [0, 0.05) is 14.2 Å². The van der Waals surface area contributed by atoms with Crippen molar-refractivity contribution in [1.82, 2.24) is 0 Å². The van der Waals surface area contributed by atoms with Gasteiger partial charge >= 0.3 is 5.97 Å². The van der Waals surface area contributed by atoms with Crippen LogP contribution in [-0.2, 0) is 9.53 Å². The smallest absolute Gasteiger partial charge is 0.329 e. The largest absolute Gasteiger partial charge is 0.480 e. The minimum absolute atomic E-state index is 0.00907. The molecular weight excluding hydrogens is 284 g/mol. The SMILES string of the molecule is Cc1cc(Br)c(C(O)COCC(=O)O)s1. The van der Waals surface area contributed by atoms with E-state index in [4.69, 9.17) is 9.84 Å². The molecule has 0 bridgehead atoms. The van der Waals surface area contributed by atoms with Crippen LogP contribution in [-0.4, -0.2) is 29.4 Å². The molecule has 1 aromatic rings. The van der Waals surface area contributed by atoms with Gasteiger partial charge in [-0.05, 0) is 28.9 Å². The summed E-state index contributed by atoms with van der Waals surface area (Å²) in [7, 11) is 0. The van der Waals surface area contributed by atoms with Crippen molar-refractivity contribution < 1.29 is 19.7 Å². The molecule has 1 heterocycles. The van der Waals surface area contributed by atoms with E-state index < -0.39 is 12.1 Å². The highest BCUT2D eigenvalue weighted by atomic mass is 79.9. The maximum Gasteiger partial charge on any atom is 0.329 e. The van der Waals surface area contributed by atoms with E-state index in [2.05, 4.69) is 15.9 Å². The number of hydrogen-bond acceptors (Lipinski definition) is 4. The van der Waals surface area contributed by atoms with E-state index in [1.807, 2.05) is 13.0 Å². The van der Waals surface area contributed by atoms with Crippen molar-refractivity contribution in [2.75, 3.05) is 13.2 Å². The third kappa shape index (κ3) is 3.90. The van der Waals surface area contributed by atoms with Crippen molar-refractivity contribution in [1.29, 1.82) is 0 Å². The molecule has 1 atom stereocenters. The molecule has 15 heavy (non-hydrogen) atoms. The number of aliphatic hydroxyl groups excluding tert-OH is 1. The van der Waals surface area contributed by atoms with Crippen molar-refractivity contribution in [3.8, 4) is 0 Å². The average molecular weight is 295 g/mol. The van der Waals surface area contributed by atoms with Gasteiger partial charge in [0.25, 0.3) is 0 Å². The van der Waals surface area contributed by atoms with Crippen molar-refractivity contribution in [3.05, 3.63) is 20.3 Å². The Morgan fingerprint density at radius 2 is 2.40 bits per heavy atom. The Bertz CT molecular complexity index is 350. The molecule has 1 aromatic heterocycles. The highest BCUT2D eigenvalue weighted by Crippen LogP contribution is 2.32. The molecule has 0 spiro atoms. The molecular formula is C9H11BrO4S. The van der Waals surface area contributed by atoms with Crippen LogP contribution in [0.2, 0.25) is 0 Å². The summed E-state index contributed by atoms with van der Waals surface area (Å²) < 4.78 is 5.64. The van der Waals surface area contributed by atoms with Crippen molar-refractivity contribution in [3.63, 3.8) is 0 Å². The van der Waals surface area contributed by atoms with Crippen LogP contribution in [0.5, 0.6) is 0 Å². The van der Waals surface area contributed by atoms with Gasteiger partial charge in [-0.15, -0.1) is 11.3 Å². The van der Waals surface area contributed by atoms with E-state index >= 15 is 0 Å². The molecule has 0 aromatic carbocycles. The topological polar surface area (TPSA) is 66.8 Å². The second kappa shape index (κ2) is 5.60. The molecule has 4 nitrogen and oxygen atoms in total. The van der Waals surface area contributed by atoms with Gasteiger partial charge in [-0.2, -0.15) is 0 Å². The number of hydrogen-bond donors (Lipinski definition) is 2. The Kier molecular flexibility index (Phi) is 4.72. The van der Waals surface area contributed by atoms with Crippen LogP contribution in [0.15, 0.2) is 10.5 Å². The molecule has 0 aliphatic rings. The Morgan fingerprint density at radius 1 is 1.73 bits per heavy atom. The Hall–Kier alpha value is -0.430. The van der Waals surface area contributed by atoms with E-state index in [-0.39, 0.29) is 13.2 Å². The lowest BCUT2D eigenvalue weighted by Gasteiger charge is -2.08. The zero-order valence-corrected chi connectivity index (χ0v) is 10.5. The minimum Gasteiger partial charge on any atom is -0.480 e. The number of aliphatic hydroxyl groups is 1. The number of thiophene rings is 1. The average Bonchev–Trinajstić information content (AvgIpc) is 2.44. The molecule has 0 fully saturated rings. The van der Waals surface area contributed by atoms with E-state index in [0.29, 0.717) is 0 Å². The van der Waals surface area contributed by atoms with E-state index in [9.17, 15) is 9.90 Å². The van der Waals surface area contributed by atoms with Crippen LogP contribution in [0.4, 0.5) is 0 Å². The number of carbonyl (C=O) groups is 1. The normalized spacial score (nSPS) is 12.7. The fourth-order valence-electron chi connectivity index (χ4n) is 1.06. The summed E-state index contributed by atoms with van der Waals surface area (Å²) in [5, 5.41) is 18.0. The maximum absolute atomic E-state index is 10.2. The van der Waals surface area contributed by atoms with Gasteiger partial charge in [0.2, 0.25) is 0 Å². The summed E-state index contributed by atoms with van der Waals surface area (Å²) in [5.74, 6) is -1.04. The summed E-state index contributed by atoms with van der Waals surface area (Å²) in [6.45, 7) is 1.54. The van der Waals surface area contributed by atoms with Crippen LogP contribution < -0.4 is 0 Å². The fourth-order valence-corrected chi connectivity index (χ4v) is 2.95. The lowest BCUT2D eigenvalue weighted by Crippen LogP contribution is -2.12. The van der Waals surface area contributed by atoms with Gasteiger partial charge in [-0.1, -0.05) is 0 Å². The van der Waals surface area contributed by atoms with Crippen LogP contribution in [0, 0.1) is 6.92 Å². The highest BCUT2D eigenvalue weighted by molar-refractivity contribution is 9.10. The molecule has 6 heteroatoms. The maximum atomic E-state index is 10.2. The van der Waals surface area contributed by atoms with Crippen LogP contribution >= 0.6 is 27.3 Å². The summed E-state index contributed by atoms with van der Waals surface area (Å²) in [6.07, 6.45) is -0.780. The molecule has 0 saturated heterocycles. The van der Waals surface area contributed by atoms with Crippen LogP contribution in [0.25, 0.3) is 0 Å². The second-order valence-electron chi connectivity index (χ2n) is 2.99. The number of halogens is 1. The van der Waals surface area contributed by atoms with Gasteiger partial charge in [0.15, 0.2) is 0 Å². The molecule has 0 aliphatic carbocycles. The lowest BCUT2D eigenvalue weighted by molar-refractivity contribution is -0.143. The van der Waals surface area contributed by atoms with Crippen molar-refractivity contribution >= 4 is 33.2 Å². The molecule has 0 saturated carbocycles. The summed E-state index contributed by atoms with van der Waals surface area (Å²) in [6, 6.07) is 1.90. The number of aryl methyl sites for hydroxylation is 1. The predicted octanol–water partition coefficient (Wildman–Crippen LogP) is 1.95. The monoisotopic (exact) mass is 294 g/mol. The fraction of sp³-hybridized carbons (Fsp3) is 0.444. The third-order valence-electron chi connectivity index (χ3n) is 1.64. The van der Waals surface area contributed by atoms with Crippen LogP contribution in [0.3, 0.4) is 0 Å². The van der Waals surface area contributed by atoms with Gasteiger partial charge in [-0.25, -0.2) is 4.79 Å². The lowest BCUT2D eigenvalue weighted by atomic mass is 10.3. The second-order valence-corrected chi connectivity index (χ2v) is 5.14. The number of ether oxygens (including phenoxy) is 1. The first-order valence-electron chi connectivity index (χ1n) is 4.24. The summed E-state index contributed by atoms with van der Waals surface area (Å²) in [4.78, 5) is 12.0. The molecule has 1 unspecified atom stereocenters. The van der Waals surface area contributed by atoms with Gasteiger partial charge < -0.3 is 14.9 Å². The molecule has 0 radical (unpaired) electrons. The van der Waals surface area contributed by atoms with Gasteiger partial charge in [-0.3, -0.25) is 0 Å². The first-order valence-corrected chi connectivity index (χ1v) is 5.85. The summed E-state index contributed by atoms with van der Waals surface area (Å²) >= 11 is 4.77. The Balaban J connectivity index is 2.50. The molecule has 2 N–H and O–H groups in total. The van der Waals surface area contributed by atoms with Gasteiger partial charge in [0.1, 0.15) is 12.7 Å². The number of aliphatic carboxylic acids is 1.